The molecule has 0 aliphatic heterocycles. The zero-order chi connectivity index (χ0) is 11.8. The summed E-state index contributed by atoms with van der Waals surface area (Å²) in [5.74, 6) is 0.519. The predicted octanol–water partition coefficient (Wildman–Crippen LogP) is 4.98. The summed E-state index contributed by atoms with van der Waals surface area (Å²) in [6, 6.07) is 0. The summed E-state index contributed by atoms with van der Waals surface area (Å²) in [6.07, 6.45) is 18.7. The Morgan fingerprint density at radius 2 is 2.31 bits per heavy atom. The number of hydrogen-bond acceptors (Lipinski definition) is 0. The molecule has 0 aromatic carbocycles. The second-order valence-corrected chi connectivity index (χ2v) is 4.05. The number of rotatable bonds is 5. The van der Waals surface area contributed by atoms with E-state index in [1.54, 1.807) is 0 Å². The van der Waals surface area contributed by atoms with Crippen LogP contribution >= 0.6 is 0 Å². The van der Waals surface area contributed by atoms with Crippen LogP contribution < -0.4 is 0 Å². The molecule has 0 heteroatoms. The maximum absolute atomic E-state index is 3.80. The van der Waals surface area contributed by atoms with Crippen LogP contribution in [0.25, 0.3) is 0 Å². The van der Waals surface area contributed by atoms with Crippen molar-refractivity contribution in [2.24, 2.45) is 5.92 Å². The van der Waals surface area contributed by atoms with Crippen LogP contribution in [0.3, 0.4) is 0 Å². The summed E-state index contributed by atoms with van der Waals surface area (Å²) in [7, 11) is 0. The van der Waals surface area contributed by atoms with Gasteiger partial charge in [-0.15, -0.1) is 0 Å². The van der Waals surface area contributed by atoms with E-state index in [2.05, 4.69) is 56.9 Å². The Morgan fingerprint density at radius 3 is 2.81 bits per heavy atom. The molecule has 0 saturated carbocycles. The molecule has 0 bridgehead atoms. The molecule has 0 fully saturated rings. The average molecular weight is 214 g/mol. The van der Waals surface area contributed by atoms with Crippen molar-refractivity contribution >= 4 is 0 Å². The smallest absolute Gasteiger partial charge is 0.00833 e. The van der Waals surface area contributed by atoms with Crippen LogP contribution in [0.15, 0.2) is 60.3 Å². The van der Waals surface area contributed by atoms with Crippen molar-refractivity contribution in [3.8, 4) is 0 Å². The Bertz CT molecular complexity index is 337. The molecule has 0 aromatic rings. The van der Waals surface area contributed by atoms with E-state index in [0.717, 1.165) is 6.42 Å². The molecule has 1 aliphatic rings. The molecule has 0 radical (unpaired) electrons. The van der Waals surface area contributed by atoms with Crippen LogP contribution in [0.1, 0.15) is 33.1 Å². The van der Waals surface area contributed by atoms with Gasteiger partial charge < -0.3 is 0 Å². The lowest BCUT2D eigenvalue weighted by atomic mass is 9.85. The molecule has 16 heavy (non-hydrogen) atoms. The molecule has 1 aliphatic carbocycles. The molecule has 0 aromatic heterocycles. The van der Waals surface area contributed by atoms with Crippen LogP contribution in [0.2, 0.25) is 0 Å². The zero-order valence-corrected chi connectivity index (χ0v) is 10.4. The van der Waals surface area contributed by atoms with Gasteiger partial charge in [0.15, 0.2) is 0 Å². The van der Waals surface area contributed by atoms with E-state index in [9.17, 15) is 0 Å². The largest absolute Gasteiger partial charge is 0.0991 e. The van der Waals surface area contributed by atoms with E-state index in [-0.39, 0.29) is 0 Å². The minimum absolute atomic E-state index is 0.519. The fourth-order valence-electron chi connectivity index (χ4n) is 2.17. The fourth-order valence-corrected chi connectivity index (χ4v) is 2.17. The Labute approximate surface area is 99.8 Å². The SMILES string of the molecule is C=C/C=C(\C=C/C)C(CC)C1=CCCC=C1. The molecular weight excluding hydrogens is 192 g/mol. The third-order valence-corrected chi connectivity index (χ3v) is 2.91. The van der Waals surface area contributed by atoms with Gasteiger partial charge >= 0.3 is 0 Å². The van der Waals surface area contributed by atoms with Gasteiger partial charge in [0, 0.05) is 5.92 Å². The first kappa shape index (κ1) is 12.8. The van der Waals surface area contributed by atoms with Crippen LogP contribution in [0.5, 0.6) is 0 Å². The first-order valence-electron chi connectivity index (χ1n) is 6.15. The van der Waals surface area contributed by atoms with Crippen molar-refractivity contribution in [2.45, 2.75) is 33.1 Å². The summed E-state index contributed by atoms with van der Waals surface area (Å²) >= 11 is 0. The monoisotopic (exact) mass is 214 g/mol. The van der Waals surface area contributed by atoms with Gasteiger partial charge in [-0.05, 0) is 37.3 Å². The summed E-state index contributed by atoms with van der Waals surface area (Å²) in [5.41, 5.74) is 2.82. The predicted molar refractivity (Wildman–Crippen MR) is 73.3 cm³/mol. The summed E-state index contributed by atoms with van der Waals surface area (Å²) in [5, 5.41) is 0. The summed E-state index contributed by atoms with van der Waals surface area (Å²) in [6.45, 7) is 8.11. The lowest BCUT2D eigenvalue weighted by Gasteiger charge is -2.20. The van der Waals surface area contributed by atoms with E-state index in [1.807, 2.05) is 6.08 Å². The summed E-state index contributed by atoms with van der Waals surface area (Å²) in [4.78, 5) is 0. The van der Waals surface area contributed by atoms with Gasteiger partial charge in [-0.2, -0.15) is 0 Å². The Hall–Kier alpha value is -1.30. The summed E-state index contributed by atoms with van der Waals surface area (Å²) < 4.78 is 0. The second-order valence-electron chi connectivity index (χ2n) is 4.05. The van der Waals surface area contributed by atoms with Gasteiger partial charge in [-0.3, -0.25) is 0 Å². The molecule has 86 valence electrons. The van der Waals surface area contributed by atoms with Gasteiger partial charge in [0.05, 0.1) is 0 Å². The highest BCUT2D eigenvalue weighted by Crippen LogP contribution is 2.28. The molecule has 0 heterocycles. The van der Waals surface area contributed by atoms with Crippen molar-refractivity contribution in [2.75, 3.05) is 0 Å². The van der Waals surface area contributed by atoms with Crippen LogP contribution in [0.4, 0.5) is 0 Å². The third kappa shape index (κ3) is 3.37. The Morgan fingerprint density at radius 1 is 1.50 bits per heavy atom. The lowest BCUT2D eigenvalue weighted by molar-refractivity contribution is 0.705. The molecule has 1 rings (SSSR count). The number of hydrogen-bond donors (Lipinski definition) is 0. The fraction of sp³-hybridized carbons (Fsp3) is 0.375. The molecule has 0 N–H and O–H groups in total. The molecule has 0 saturated heterocycles. The topological polar surface area (TPSA) is 0 Å². The van der Waals surface area contributed by atoms with Crippen LogP contribution in [0, 0.1) is 5.92 Å². The van der Waals surface area contributed by atoms with E-state index in [4.69, 9.17) is 0 Å². The van der Waals surface area contributed by atoms with Crippen molar-refractivity contribution in [3.05, 3.63) is 60.3 Å². The van der Waals surface area contributed by atoms with Gasteiger partial charge in [0.25, 0.3) is 0 Å². The highest BCUT2D eigenvalue weighted by atomic mass is 14.2. The van der Waals surface area contributed by atoms with Crippen molar-refractivity contribution in [3.63, 3.8) is 0 Å². The normalized spacial score (nSPS) is 18.6. The highest BCUT2D eigenvalue weighted by molar-refractivity contribution is 5.37. The minimum Gasteiger partial charge on any atom is -0.0991 e. The second kappa shape index (κ2) is 7.05. The van der Waals surface area contributed by atoms with E-state index in [1.165, 1.54) is 24.0 Å². The van der Waals surface area contributed by atoms with E-state index < -0.39 is 0 Å². The van der Waals surface area contributed by atoms with Crippen LogP contribution in [-0.2, 0) is 0 Å². The van der Waals surface area contributed by atoms with E-state index >= 15 is 0 Å². The first-order chi connectivity index (χ1) is 7.83. The highest BCUT2D eigenvalue weighted by Gasteiger charge is 2.14. The molecular formula is C16H22. The molecule has 0 spiro atoms. The quantitative estimate of drug-likeness (QED) is 0.566. The standard InChI is InChI=1S/C16H22/c1-4-10-14(11-5-2)16(6-3)15-12-8-7-9-13-15/h4-5,8,10-13,16H,1,6-7,9H2,2-3H3/b11-5-,14-10+. The van der Waals surface area contributed by atoms with Crippen molar-refractivity contribution < 1.29 is 0 Å². The van der Waals surface area contributed by atoms with Gasteiger partial charge in [0.1, 0.15) is 0 Å². The van der Waals surface area contributed by atoms with Gasteiger partial charge in [0.2, 0.25) is 0 Å². The Kier molecular flexibility index (Phi) is 5.63. The molecule has 1 atom stereocenters. The maximum Gasteiger partial charge on any atom is 0.00833 e. The molecule has 1 unspecified atom stereocenters. The van der Waals surface area contributed by atoms with Gasteiger partial charge in [-0.1, -0.05) is 56.0 Å². The molecule has 0 amide bonds. The first-order valence-corrected chi connectivity index (χ1v) is 6.15. The van der Waals surface area contributed by atoms with Gasteiger partial charge in [-0.25, -0.2) is 0 Å². The number of allylic oxidation sites excluding steroid dienone is 9. The maximum atomic E-state index is 3.80. The molecule has 0 nitrogen and oxygen atoms in total. The third-order valence-electron chi connectivity index (χ3n) is 2.91. The Balaban J connectivity index is 2.94. The average Bonchev–Trinajstić information content (AvgIpc) is 2.32. The van der Waals surface area contributed by atoms with Crippen molar-refractivity contribution in [1.82, 2.24) is 0 Å². The van der Waals surface area contributed by atoms with E-state index in [0.29, 0.717) is 5.92 Å². The zero-order valence-electron chi connectivity index (χ0n) is 10.4. The lowest BCUT2D eigenvalue weighted by Crippen LogP contribution is -2.05. The van der Waals surface area contributed by atoms with Crippen molar-refractivity contribution in [1.29, 1.82) is 0 Å². The van der Waals surface area contributed by atoms with Crippen LogP contribution in [-0.4, -0.2) is 0 Å². The minimum atomic E-state index is 0.519.